The molecule has 0 bridgehead atoms. The monoisotopic (exact) mass is 195 g/mol. The van der Waals surface area contributed by atoms with E-state index in [1.807, 2.05) is 25.1 Å². The van der Waals surface area contributed by atoms with Crippen LogP contribution in [0.5, 0.6) is 0 Å². The zero-order chi connectivity index (χ0) is 10.6. The van der Waals surface area contributed by atoms with E-state index in [0.29, 0.717) is 0 Å². The Morgan fingerprint density at radius 1 is 1.50 bits per heavy atom. The van der Waals surface area contributed by atoms with Crippen LogP contribution in [0.15, 0.2) is 24.3 Å². The number of anilines is 1. The SMILES string of the molecule is Cc1ccccc1NC(CO)C(=O)O. The summed E-state index contributed by atoms with van der Waals surface area (Å²) in [6.07, 6.45) is 0. The summed E-state index contributed by atoms with van der Waals surface area (Å²) in [7, 11) is 0. The second kappa shape index (κ2) is 4.62. The number of aliphatic hydroxyl groups excluding tert-OH is 1. The fourth-order valence-corrected chi connectivity index (χ4v) is 1.11. The van der Waals surface area contributed by atoms with Gasteiger partial charge in [0.15, 0.2) is 0 Å². The lowest BCUT2D eigenvalue weighted by molar-refractivity contribution is -0.138. The van der Waals surface area contributed by atoms with Gasteiger partial charge in [0.1, 0.15) is 6.04 Å². The first kappa shape index (κ1) is 10.5. The smallest absolute Gasteiger partial charge is 0.328 e. The van der Waals surface area contributed by atoms with E-state index in [1.54, 1.807) is 6.07 Å². The van der Waals surface area contributed by atoms with Crippen molar-refractivity contribution >= 4 is 11.7 Å². The number of aliphatic carboxylic acids is 1. The molecule has 1 aromatic carbocycles. The first-order valence-corrected chi connectivity index (χ1v) is 4.31. The van der Waals surface area contributed by atoms with Crippen molar-refractivity contribution in [1.82, 2.24) is 0 Å². The van der Waals surface area contributed by atoms with Crippen molar-refractivity contribution in [2.24, 2.45) is 0 Å². The molecule has 0 saturated heterocycles. The van der Waals surface area contributed by atoms with Crippen LogP contribution in [0.3, 0.4) is 0 Å². The molecule has 0 aliphatic heterocycles. The molecule has 0 saturated carbocycles. The van der Waals surface area contributed by atoms with Gasteiger partial charge >= 0.3 is 5.97 Å². The molecule has 0 radical (unpaired) electrons. The summed E-state index contributed by atoms with van der Waals surface area (Å²) < 4.78 is 0. The number of hydrogen-bond donors (Lipinski definition) is 3. The van der Waals surface area contributed by atoms with Gasteiger partial charge < -0.3 is 15.5 Å². The molecule has 0 amide bonds. The van der Waals surface area contributed by atoms with Crippen LogP contribution < -0.4 is 5.32 Å². The zero-order valence-corrected chi connectivity index (χ0v) is 7.90. The van der Waals surface area contributed by atoms with Crippen LogP contribution in [0.2, 0.25) is 0 Å². The summed E-state index contributed by atoms with van der Waals surface area (Å²) in [5.41, 5.74) is 1.68. The average Bonchev–Trinajstić information content (AvgIpc) is 2.16. The largest absolute Gasteiger partial charge is 0.480 e. The van der Waals surface area contributed by atoms with Crippen molar-refractivity contribution in [1.29, 1.82) is 0 Å². The maximum Gasteiger partial charge on any atom is 0.328 e. The number of para-hydroxylation sites is 1. The molecular formula is C10H13NO3. The summed E-state index contributed by atoms with van der Waals surface area (Å²) >= 11 is 0. The third-order valence-electron chi connectivity index (χ3n) is 1.96. The number of carboxylic acids is 1. The summed E-state index contributed by atoms with van der Waals surface area (Å²) in [5.74, 6) is -1.06. The van der Waals surface area contributed by atoms with Gasteiger partial charge in [0, 0.05) is 5.69 Å². The molecule has 14 heavy (non-hydrogen) atoms. The number of benzene rings is 1. The molecule has 0 spiro atoms. The molecule has 4 heteroatoms. The molecule has 0 aliphatic rings. The highest BCUT2D eigenvalue weighted by Gasteiger charge is 2.15. The highest BCUT2D eigenvalue weighted by atomic mass is 16.4. The zero-order valence-electron chi connectivity index (χ0n) is 7.90. The van der Waals surface area contributed by atoms with Crippen LogP contribution in [0.4, 0.5) is 5.69 Å². The van der Waals surface area contributed by atoms with Gasteiger partial charge in [-0.05, 0) is 18.6 Å². The normalized spacial score (nSPS) is 12.1. The predicted octanol–water partition coefficient (Wildman–Crippen LogP) is 0.852. The molecule has 76 valence electrons. The van der Waals surface area contributed by atoms with Crippen LogP contribution in [0.25, 0.3) is 0 Å². The number of carboxylic acid groups (broad SMARTS) is 1. The quantitative estimate of drug-likeness (QED) is 0.666. The molecule has 1 unspecified atom stereocenters. The van der Waals surface area contributed by atoms with Crippen LogP contribution in [-0.2, 0) is 4.79 Å². The molecule has 0 fully saturated rings. The van der Waals surface area contributed by atoms with Gasteiger partial charge in [-0.1, -0.05) is 18.2 Å². The van der Waals surface area contributed by atoms with Crippen molar-refractivity contribution in [2.75, 3.05) is 11.9 Å². The van der Waals surface area contributed by atoms with E-state index in [-0.39, 0.29) is 0 Å². The Morgan fingerprint density at radius 2 is 2.14 bits per heavy atom. The molecule has 0 aromatic heterocycles. The van der Waals surface area contributed by atoms with E-state index in [9.17, 15) is 4.79 Å². The third kappa shape index (κ3) is 2.47. The van der Waals surface area contributed by atoms with Gasteiger partial charge in [0.05, 0.1) is 6.61 Å². The van der Waals surface area contributed by atoms with Gasteiger partial charge in [-0.2, -0.15) is 0 Å². The second-order valence-electron chi connectivity index (χ2n) is 3.03. The van der Waals surface area contributed by atoms with Crippen molar-refractivity contribution < 1.29 is 15.0 Å². The number of carbonyl (C=O) groups is 1. The Labute approximate surface area is 82.2 Å². The van der Waals surface area contributed by atoms with Crippen LogP contribution in [-0.4, -0.2) is 28.8 Å². The minimum absolute atomic E-state index is 0.427. The molecular weight excluding hydrogens is 182 g/mol. The van der Waals surface area contributed by atoms with E-state index < -0.39 is 18.6 Å². The number of nitrogens with one attached hydrogen (secondary N) is 1. The summed E-state index contributed by atoms with van der Waals surface area (Å²) in [4.78, 5) is 10.6. The number of rotatable bonds is 4. The van der Waals surface area contributed by atoms with Gasteiger partial charge in [-0.25, -0.2) is 4.79 Å². The first-order valence-electron chi connectivity index (χ1n) is 4.31. The average molecular weight is 195 g/mol. The topological polar surface area (TPSA) is 69.6 Å². The van der Waals surface area contributed by atoms with E-state index in [1.165, 1.54) is 0 Å². The van der Waals surface area contributed by atoms with E-state index in [0.717, 1.165) is 11.3 Å². The van der Waals surface area contributed by atoms with Gasteiger partial charge in [-0.15, -0.1) is 0 Å². The molecule has 0 aliphatic carbocycles. The summed E-state index contributed by atoms with van der Waals surface area (Å²) in [6.45, 7) is 1.45. The molecule has 1 atom stereocenters. The molecule has 3 N–H and O–H groups in total. The Bertz CT molecular complexity index is 325. The molecule has 0 heterocycles. The fraction of sp³-hybridized carbons (Fsp3) is 0.300. The highest BCUT2D eigenvalue weighted by Crippen LogP contribution is 2.14. The summed E-state index contributed by atoms with van der Waals surface area (Å²) in [5, 5.41) is 20.3. The Morgan fingerprint density at radius 3 is 2.64 bits per heavy atom. The molecule has 1 aromatic rings. The minimum atomic E-state index is -1.06. The van der Waals surface area contributed by atoms with E-state index >= 15 is 0 Å². The van der Waals surface area contributed by atoms with Crippen molar-refractivity contribution in [2.45, 2.75) is 13.0 Å². The summed E-state index contributed by atoms with van der Waals surface area (Å²) in [6, 6.07) is 6.39. The standard InChI is InChI=1S/C10H13NO3/c1-7-4-2-3-5-8(7)11-9(6-12)10(13)14/h2-5,9,11-12H,6H2,1H3,(H,13,14). The van der Waals surface area contributed by atoms with Gasteiger partial charge in [0.2, 0.25) is 0 Å². The lowest BCUT2D eigenvalue weighted by Gasteiger charge is -2.14. The third-order valence-corrected chi connectivity index (χ3v) is 1.96. The molecule has 4 nitrogen and oxygen atoms in total. The maximum absolute atomic E-state index is 10.6. The minimum Gasteiger partial charge on any atom is -0.480 e. The predicted molar refractivity (Wildman–Crippen MR) is 53.3 cm³/mol. The van der Waals surface area contributed by atoms with Gasteiger partial charge in [-0.3, -0.25) is 0 Å². The number of hydrogen-bond acceptors (Lipinski definition) is 3. The van der Waals surface area contributed by atoms with Crippen molar-refractivity contribution in [3.8, 4) is 0 Å². The Balaban J connectivity index is 2.77. The lowest BCUT2D eigenvalue weighted by Crippen LogP contribution is -2.32. The van der Waals surface area contributed by atoms with Gasteiger partial charge in [0.25, 0.3) is 0 Å². The van der Waals surface area contributed by atoms with E-state index in [4.69, 9.17) is 10.2 Å². The Kier molecular flexibility index (Phi) is 3.48. The maximum atomic E-state index is 10.6. The number of aliphatic hydroxyl groups is 1. The highest BCUT2D eigenvalue weighted by molar-refractivity contribution is 5.77. The van der Waals surface area contributed by atoms with Crippen LogP contribution in [0, 0.1) is 6.92 Å². The van der Waals surface area contributed by atoms with Crippen molar-refractivity contribution in [3.05, 3.63) is 29.8 Å². The second-order valence-corrected chi connectivity index (χ2v) is 3.03. The van der Waals surface area contributed by atoms with Crippen LogP contribution in [0.1, 0.15) is 5.56 Å². The van der Waals surface area contributed by atoms with Crippen LogP contribution >= 0.6 is 0 Å². The Hall–Kier alpha value is -1.55. The fourth-order valence-electron chi connectivity index (χ4n) is 1.11. The lowest BCUT2D eigenvalue weighted by atomic mass is 10.2. The first-order chi connectivity index (χ1) is 6.65. The van der Waals surface area contributed by atoms with E-state index in [2.05, 4.69) is 5.32 Å². The van der Waals surface area contributed by atoms with Crippen molar-refractivity contribution in [3.63, 3.8) is 0 Å². The molecule has 1 rings (SSSR count). The number of aryl methyl sites for hydroxylation is 1.